The summed E-state index contributed by atoms with van der Waals surface area (Å²) < 4.78 is 6.43. The Morgan fingerprint density at radius 1 is 0.404 bits per heavy atom. The molecular weight excluding hydrogens is 633 g/mol. The van der Waals surface area contributed by atoms with Gasteiger partial charge in [-0.25, -0.2) is 0 Å². The minimum absolute atomic E-state index is 0.166. The molecule has 0 radical (unpaired) electrons. The maximum absolute atomic E-state index is 6.43. The van der Waals surface area contributed by atoms with Gasteiger partial charge in [-0.1, -0.05) is 129 Å². The molecule has 0 amide bonds. The Labute approximate surface area is 300 Å². The summed E-state index contributed by atoms with van der Waals surface area (Å²) in [4.78, 5) is 9.45. The van der Waals surface area contributed by atoms with Gasteiger partial charge in [-0.15, -0.1) is 0 Å². The van der Waals surface area contributed by atoms with Gasteiger partial charge in [0.1, 0.15) is 11.2 Å². The SMILES string of the molecule is CC1(C)c2cc(-c3cccc(-c4ccc5c(c4)c4ccccc4c4nccnc54)c3)ccc2-c2ccc(-c3cccc4c3oc3ccccc34)cc21. The van der Waals surface area contributed by atoms with Crippen LogP contribution < -0.4 is 0 Å². The molecule has 0 bridgehead atoms. The molecule has 2 aromatic heterocycles. The zero-order valence-electron chi connectivity index (χ0n) is 28.8. The molecule has 3 heteroatoms. The van der Waals surface area contributed by atoms with Gasteiger partial charge in [0, 0.05) is 44.9 Å². The predicted octanol–water partition coefficient (Wildman–Crippen LogP) is 13.1. The van der Waals surface area contributed by atoms with Gasteiger partial charge in [0.2, 0.25) is 0 Å². The first-order chi connectivity index (χ1) is 25.5. The van der Waals surface area contributed by atoms with E-state index in [1.807, 2.05) is 6.07 Å². The first kappa shape index (κ1) is 29.2. The standard InChI is InChI=1S/C49H32N2O/c1-49(2)43-27-32(17-20-36(43)37-21-19-33(28-44(37)49)34-14-8-15-41-38-12-5-6-16-45(38)52-48(34)41)30-10-7-9-29(25-30)31-18-22-40-42(26-31)35-11-3-4-13-39(35)46-47(40)51-24-23-50-46/h3-28H,1-2H3. The summed E-state index contributed by atoms with van der Waals surface area (Å²) in [5.41, 5.74) is 16.0. The molecule has 0 fully saturated rings. The summed E-state index contributed by atoms with van der Waals surface area (Å²) in [6.07, 6.45) is 3.56. The fourth-order valence-corrected chi connectivity index (χ4v) is 8.75. The molecule has 3 nitrogen and oxygen atoms in total. The van der Waals surface area contributed by atoms with E-state index in [0.717, 1.165) is 49.3 Å². The molecule has 0 aliphatic heterocycles. The van der Waals surface area contributed by atoms with Gasteiger partial charge in [-0.05, 0) is 91.2 Å². The van der Waals surface area contributed by atoms with Crippen LogP contribution in [0.2, 0.25) is 0 Å². The van der Waals surface area contributed by atoms with Gasteiger partial charge >= 0.3 is 0 Å². The number of aromatic nitrogens is 2. The molecule has 244 valence electrons. The molecule has 10 aromatic rings. The van der Waals surface area contributed by atoms with Crippen molar-refractivity contribution >= 4 is 54.5 Å². The van der Waals surface area contributed by atoms with E-state index in [9.17, 15) is 0 Å². The number of rotatable bonds is 3. The molecule has 0 saturated carbocycles. The van der Waals surface area contributed by atoms with E-state index in [-0.39, 0.29) is 5.41 Å². The molecule has 1 aliphatic rings. The largest absolute Gasteiger partial charge is 0.455 e. The number of hydrogen-bond donors (Lipinski definition) is 0. The van der Waals surface area contributed by atoms with Crippen LogP contribution in [0.25, 0.3) is 99.0 Å². The highest BCUT2D eigenvalue weighted by Gasteiger charge is 2.36. The molecule has 2 heterocycles. The molecular formula is C49H32N2O. The van der Waals surface area contributed by atoms with Crippen LogP contribution in [0, 0.1) is 0 Å². The van der Waals surface area contributed by atoms with Gasteiger partial charge < -0.3 is 4.42 Å². The number of furan rings is 1. The lowest BCUT2D eigenvalue weighted by atomic mass is 9.80. The molecule has 0 atom stereocenters. The van der Waals surface area contributed by atoms with E-state index in [1.165, 1.54) is 60.8 Å². The third-order valence-electron chi connectivity index (χ3n) is 11.4. The van der Waals surface area contributed by atoms with Crippen LogP contribution in [-0.2, 0) is 5.41 Å². The van der Waals surface area contributed by atoms with Crippen molar-refractivity contribution < 1.29 is 4.42 Å². The van der Waals surface area contributed by atoms with Crippen molar-refractivity contribution in [1.82, 2.24) is 9.97 Å². The zero-order chi connectivity index (χ0) is 34.6. The quantitative estimate of drug-likeness (QED) is 0.176. The summed E-state index contributed by atoms with van der Waals surface area (Å²) in [6, 6.07) is 52.9. The highest BCUT2D eigenvalue weighted by molar-refractivity contribution is 6.23. The van der Waals surface area contributed by atoms with Crippen molar-refractivity contribution in [3.05, 3.63) is 169 Å². The first-order valence-corrected chi connectivity index (χ1v) is 17.9. The average molecular weight is 665 g/mol. The number of benzene rings is 8. The van der Waals surface area contributed by atoms with Gasteiger partial charge in [0.05, 0.1) is 11.0 Å². The normalized spacial score (nSPS) is 13.3. The van der Waals surface area contributed by atoms with Crippen LogP contribution in [-0.4, -0.2) is 9.97 Å². The summed E-state index contributed by atoms with van der Waals surface area (Å²) in [7, 11) is 0. The van der Waals surface area contributed by atoms with Crippen molar-refractivity contribution in [2.45, 2.75) is 19.3 Å². The third kappa shape index (κ3) is 4.14. The van der Waals surface area contributed by atoms with Crippen LogP contribution in [0.4, 0.5) is 0 Å². The highest BCUT2D eigenvalue weighted by Crippen LogP contribution is 2.51. The minimum Gasteiger partial charge on any atom is -0.455 e. The maximum atomic E-state index is 6.43. The molecule has 0 spiro atoms. The monoisotopic (exact) mass is 664 g/mol. The van der Waals surface area contributed by atoms with E-state index in [4.69, 9.17) is 14.4 Å². The maximum Gasteiger partial charge on any atom is 0.143 e. The highest BCUT2D eigenvalue weighted by atomic mass is 16.3. The number of para-hydroxylation sites is 2. The van der Waals surface area contributed by atoms with E-state index < -0.39 is 0 Å². The van der Waals surface area contributed by atoms with Crippen LogP contribution in [0.3, 0.4) is 0 Å². The molecule has 0 unspecified atom stereocenters. The Morgan fingerprint density at radius 2 is 0.962 bits per heavy atom. The summed E-state index contributed by atoms with van der Waals surface area (Å²) in [5.74, 6) is 0. The van der Waals surface area contributed by atoms with Crippen molar-refractivity contribution in [3.8, 4) is 44.5 Å². The lowest BCUT2D eigenvalue weighted by molar-refractivity contribution is 0.660. The van der Waals surface area contributed by atoms with Gasteiger partial charge in [0.25, 0.3) is 0 Å². The Kier molecular flexibility index (Phi) is 6.01. The summed E-state index contributed by atoms with van der Waals surface area (Å²) >= 11 is 0. The number of hydrogen-bond acceptors (Lipinski definition) is 3. The lowest BCUT2D eigenvalue weighted by Crippen LogP contribution is -2.15. The Hall–Kier alpha value is -6.58. The van der Waals surface area contributed by atoms with Crippen molar-refractivity contribution in [2.24, 2.45) is 0 Å². The lowest BCUT2D eigenvalue weighted by Gasteiger charge is -2.22. The van der Waals surface area contributed by atoms with Crippen molar-refractivity contribution in [2.75, 3.05) is 0 Å². The Bertz CT molecular complexity index is 3080. The van der Waals surface area contributed by atoms with E-state index >= 15 is 0 Å². The molecule has 1 aliphatic carbocycles. The second-order valence-electron chi connectivity index (χ2n) is 14.6. The van der Waals surface area contributed by atoms with Crippen LogP contribution in [0.5, 0.6) is 0 Å². The fraction of sp³-hybridized carbons (Fsp3) is 0.0612. The van der Waals surface area contributed by atoms with Crippen LogP contribution >= 0.6 is 0 Å². The third-order valence-corrected chi connectivity index (χ3v) is 11.4. The summed E-state index contributed by atoms with van der Waals surface area (Å²) in [6.45, 7) is 4.72. The van der Waals surface area contributed by atoms with Gasteiger partial charge in [0.15, 0.2) is 0 Å². The molecule has 0 N–H and O–H groups in total. The molecule has 52 heavy (non-hydrogen) atoms. The van der Waals surface area contributed by atoms with Gasteiger partial charge in [-0.3, -0.25) is 9.97 Å². The van der Waals surface area contributed by atoms with Crippen LogP contribution in [0.15, 0.2) is 162 Å². The van der Waals surface area contributed by atoms with Crippen molar-refractivity contribution in [3.63, 3.8) is 0 Å². The molecule has 0 saturated heterocycles. The second-order valence-corrected chi connectivity index (χ2v) is 14.6. The number of nitrogens with zero attached hydrogens (tertiary/aromatic N) is 2. The molecule has 11 rings (SSSR count). The Morgan fingerprint density at radius 3 is 1.73 bits per heavy atom. The van der Waals surface area contributed by atoms with E-state index in [2.05, 4.69) is 153 Å². The topological polar surface area (TPSA) is 38.9 Å². The van der Waals surface area contributed by atoms with Gasteiger partial charge in [-0.2, -0.15) is 0 Å². The van der Waals surface area contributed by atoms with Crippen LogP contribution in [0.1, 0.15) is 25.0 Å². The van der Waals surface area contributed by atoms with E-state index in [0.29, 0.717) is 0 Å². The number of fused-ring (bicyclic) bond motifs is 12. The first-order valence-electron chi connectivity index (χ1n) is 17.9. The molecule has 8 aromatic carbocycles. The van der Waals surface area contributed by atoms with Crippen molar-refractivity contribution in [1.29, 1.82) is 0 Å². The Balaban J connectivity index is 0.986. The smallest absolute Gasteiger partial charge is 0.143 e. The minimum atomic E-state index is -0.166. The zero-order valence-corrected chi connectivity index (χ0v) is 28.8. The second kappa shape index (κ2) is 10.7. The average Bonchev–Trinajstić information content (AvgIpc) is 3.69. The van der Waals surface area contributed by atoms with E-state index in [1.54, 1.807) is 12.4 Å². The fourth-order valence-electron chi connectivity index (χ4n) is 8.75. The summed E-state index contributed by atoms with van der Waals surface area (Å²) in [5, 5.41) is 6.95. The predicted molar refractivity (Wildman–Crippen MR) is 216 cm³/mol.